The molecule has 0 radical (unpaired) electrons. The molecule has 7 heteroatoms. The molecule has 2 rings (SSSR count). The first-order valence-corrected chi connectivity index (χ1v) is 9.35. The second-order valence-corrected chi connectivity index (χ2v) is 7.92. The highest BCUT2D eigenvalue weighted by Crippen LogP contribution is 2.39. The maximum atomic E-state index is 12.4. The van der Waals surface area contributed by atoms with Crippen molar-refractivity contribution in [2.45, 2.75) is 58.7 Å². The van der Waals surface area contributed by atoms with Crippen molar-refractivity contribution in [1.82, 2.24) is 10.6 Å². The molecule has 28 heavy (non-hydrogen) atoms. The first kappa shape index (κ1) is 21.5. The van der Waals surface area contributed by atoms with Crippen molar-refractivity contribution >= 4 is 30.1 Å². The summed E-state index contributed by atoms with van der Waals surface area (Å²) in [6.45, 7) is 12.6. The van der Waals surface area contributed by atoms with Gasteiger partial charge in [0.2, 0.25) is 5.91 Å². The van der Waals surface area contributed by atoms with Crippen molar-refractivity contribution in [3.63, 3.8) is 0 Å². The first-order chi connectivity index (χ1) is 13.1. The standard InChI is InChI=1S/C21H30N4O3/c1-13-10-17(24-20(27)28-21(3,4)5)16-11-15(18(23-7)12-22-6)8-9-19(16)25(13)14(2)26/h8-9,11-13,17,22H,7,10H2,1-6H3,(H,24,27)/b18-12-/t13-,17+/m0/s1. The van der Waals surface area contributed by atoms with Crippen LogP contribution in [0.4, 0.5) is 10.5 Å². The van der Waals surface area contributed by atoms with E-state index in [0.717, 1.165) is 16.8 Å². The Morgan fingerprint density at radius 1 is 1.36 bits per heavy atom. The molecule has 0 aliphatic carbocycles. The van der Waals surface area contributed by atoms with Crippen molar-refractivity contribution in [1.29, 1.82) is 0 Å². The normalized spacial score (nSPS) is 19.5. The van der Waals surface area contributed by atoms with Crippen LogP contribution in [-0.2, 0) is 9.53 Å². The van der Waals surface area contributed by atoms with E-state index in [4.69, 9.17) is 4.74 Å². The van der Waals surface area contributed by atoms with Crippen molar-refractivity contribution in [3.8, 4) is 0 Å². The minimum atomic E-state index is -0.587. The second kappa shape index (κ2) is 8.46. The number of hydrogen-bond acceptors (Lipinski definition) is 5. The number of nitrogens with zero attached hydrogens (tertiary/aromatic N) is 2. The zero-order valence-corrected chi connectivity index (χ0v) is 17.5. The number of benzene rings is 1. The number of aliphatic imine (C=N–C) groups is 1. The molecule has 0 saturated heterocycles. The van der Waals surface area contributed by atoms with E-state index in [1.165, 1.54) is 0 Å². The van der Waals surface area contributed by atoms with Crippen molar-refractivity contribution in [2.75, 3.05) is 11.9 Å². The van der Waals surface area contributed by atoms with Gasteiger partial charge in [0.25, 0.3) is 0 Å². The van der Waals surface area contributed by atoms with Gasteiger partial charge in [0, 0.05) is 37.5 Å². The molecular weight excluding hydrogens is 356 g/mol. The summed E-state index contributed by atoms with van der Waals surface area (Å²) in [5.74, 6) is -0.0370. The molecule has 0 fully saturated rings. The Kier molecular flexibility index (Phi) is 6.48. The maximum Gasteiger partial charge on any atom is 0.408 e. The molecule has 2 N–H and O–H groups in total. The Morgan fingerprint density at radius 2 is 2.04 bits per heavy atom. The van der Waals surface area contributed by atoms with Crippen LogP contribution in [0.25, 0.3) is 5.70 Å². The molecule has 2 amide bonds. The van der Waals surface area contributed by atoms with Gasteiger partial charge < -0.3 is 20.3 Å². The fourth-order valence-electron chi connectivity index (χ4n) is 3.45. The zero-order chi connectivity index (χ0) is 21.1. The number of nitrogens with one attached hydrogen (secondary N) is 2. The van der Waals surface area contributed by atoms with E-state index in [2.05, 4.69) is 22.3 Å². The van der Waals surface area contributed by atoms with Crippen LogP contribution in [0.1, 0.15) is 58.2 Å². The van der Waals surface area contributed by atoms with Gasteiger partial charge >= 0.3 is 6.09 Å². The van der Waals surface area contributed by atoms with Gasteiger partial charge in [0.05, 0.1) is 11.7 Å². The summed E-state index contributed by atoms with van der Waals surface area (Å²) < 4.78 is 5.42. The summed E-state index contributed by atoms with van der Waals surface area (Å²) in [7, 11) is 1.79. The molecule has 0 bridgehead atoms. The zero-order valence-electron chi connectivity index (χ0n) is 17.5. The summed E-state index contributed by atoms with van der Waals surface area (Å²) in [6.07, 6.45) is 1.85. The molecule has 7 nitrogen and oxygen atoms in total. The predicted octanol–water partition coefficient (Wildman–Crippen LogP) is 3.62. The van der Waals surface area contributed by atoms with E-state index < -0.39 is 11.7 Å². The van der Waals surface area contributed by atoms with Gasteiger partial charge in [0.15, 0.2) is 0 Å². The van der Waals surface area contributed by atoms with Gasteiger partial charge in [-0.05, 0) is 58.5 Å². The first-order valence-electron chi connectivity index (χ1n) is 9.35. The molecule has 1 aliphatic heterocycles. The van der Waals surface area contributed by atoms with E-state index in [1.54, 1.807) is 25.1 Å². The molecule has 1 aliphatic rings. The lowest BCUT2D eigenvalue weighted by Gasteiger charge is -2.39. The lowest BCUT2D eigenvalue weighted by atomic mass is 9.90. The summed E-state index contributed by atoms with van der Waals surface area (Å²) in [5, 5.41) is 5.91. The van der Waals surface area contributed by atoms with Gasteiger partial charge in [-0.2, -0.15) is 0 Å². The third-order valence-corrected chi connectivity index (χ3v) is 4.46. The summed E-state index contributed by atoms with van der Waals surface area (Å²) in [4.78, 5) is 30.4. The minimum absolute atomic E-state index is 0.0370. The Bertz CT molecular complexity index is 795. The number of alkyl carbamates (subject to hydrolysis) is 1. The molecule has 0 aromatic heterocycles. The second-order valence-electron chi connectivity index (χ2n) is 7.92. The van der Waals surface area contributed by atoms with Crippen LogP contribution in [-0.4, -0.2) is 37.4 Å². The lowest BCUT2D eigenvalue weighted by molar-refractivity contribution is -0.117. The number of hydrogen-bond donors (Lipinski definition) is 2. The average Bonchev–Trinajstić information content (AvgIpc) is 2.57. The summed E-state index contributed by atoms with van der Waals surface area (Å²) >= 11 is 0. The molecule has 0 spiro atoms. The minimum Gasteiger partial charge on any atom is -0.444 e. The third-order valence-electron chi connectivity index (χ3n) is 4.46. The number of amides is 2. The molecule has 0 unspecified atom stereocenters. The van der Waals surface area contributed by atoms with Crippen LogP contribution in [0.3, 0.4) is 0 Å². The van der Waals surface area contributed by atoms with Crippen molar-refractivity contribution in [2.24, 2.45) is 4.99 Å². The Labute approximate surface area is 166 Å². The van der Waals surface area contributed by atoms with Crippen LogP contribution in [0, 0.1) is 0 Å². The van der Waals surface area contributed by atoms with Crippen LogP contribution < -0.4 is 15.5 Å². The van der Waals surface area contributed by atoms with Gasteiger partial charge in [-0.15, -0.1) is 0 Å². The van der Waals surface area contributed by atoms with E-state index in [1.807, 2.05) is 45.9 Å². The van der Waals surface area contributed by atoms with Crippen molar-refractivity contribution in [3.05, 3.63) is 35.5 Å². The summed E-state index contributed by atoms with van der Waals surface area (Å²) in [5.41, 5.74) is 2.56. The fourth-order valence-corrected chi connectivity index (χ4v) is 3.45. The monoisotopic (exact) mass is 386 g/mol. The molecular formula is C21H30N4O3. The quantitative estimate of drug-likeness (QED) is 0.774. The highest BCUT2D eigenvalue weighted by molar-refractivity contribution is 5.94. The van der Waals surface area contributed by atoms with Crippen LogP contribution >= 0.6 is 0 Å². The number of rotatable bonds is 4. The highest BCUT2D eigenvalue weighted by atomic mass is 16.6. The number of carbonyl (C=O) groups is 2. The highest BCUT2D eigenvalue weighted by Gasteiger charge is 2.34. The number of fused-ring (bicyclic) bond motifs is 1. The van der Waals surface area contributed by atoms with E-state index in [0.29, 0.717) is 12.1 Å². The molecule has 152 valence electrons. The Balaban J connectivity index is 2.48. The van der Waals surface area contributed by atoms with E-state index in [-0.39, 0.29) is 18.0 Å². The third kappa shape index (κ3) is 4.91. The smallest absolute Gasteiger partial charge is 0.408 e. The van der Waals surface area contributed by atoms with Crippen LogP contribution in [0.5, 0.6) is 0 Å². The van der Waals surface area contributed by atoms with Crippen LogP contribution in [0.2, 0.25) is 0 Å². The molecule has 1 aromatic carbocycles. The van der Waals surface area contributed by atoms with Gasteiger partial charge in [0.1, 0.15) is 5.60 Å². The topological polar surface area (TPSA) is 83.0 Å². The van der Waals surface area contributed by atoms with Gasteiger partial charge in [-0.25, -0.2) is 4.79 Å². The summed E-state index contributed by atoms with van der Waals surface area (Å²) in [6, 6.07) is 5.39. The van der Waals surface area contributed by atoms with Crippen molar-refractivity contribution < 1.29 is 14.3 Å². The largest absolute Gasteiger partial charge is 0.444 e. The van der Waals surface area contributed by atoms with Gasteiger partial charge in [-0.3, -0.25) is 9.79 Å². The molecule has 0 saturated carbocycles. The molecule has 1 heterocycles. The number of ether oxygens (including phenoxy) is 1. The Hall–Kier alpha value is -2.83. The number of carbonyl (C=O) groups excluding carboxylic acids is 2. The number of anilines is 1. The predicted molar refractivity (Wildman–Crippen MR) is 112 cm³/mol. The maximum absolute atomic E-state index is 12.4. The van der Waals surface area contributed by atoms with E-state index >= 15 is 0 Å². The van der Waals surface area contributed by atoms with Gasteiger partial charge in [-0.1, -0.05) is 6.07 Å². The molecule has 1 aromatic rings. The SMILES string of the molecule is C=N/C(=C\NC)c1ccc2c(c1)[C@H](NC(=O)OC(C)(C)C)C[C@H](C)N2C(C)=O. The van der Waals surface area contributed by atoms with Crippen LogP contribution in [0.15, 0.2) is 29.4 Å². The fraction of sp³-hybridized carbons (Fsp3) is 0.476. The Morgan fingerprint density at radius 3 is 2.57 bits per heavy atom. The van der Waals surface area contributed by atoms with E-state index in [9.17, 15) is 9.59 Å². The lowest BCUT2D eigenvalue weighted by Crippen LogP contribution is -2.46. The average molecular weight is 386 g/mol. The molecule has 2 atom stereocenters.